The van der Waals surface area contributed by atoms with Crippen molar-refractivity contribution in [1.82, 2.24) is 4.90 Å². The van der Waals surface area contributed by atoms with Crippen LogP contribution in [0.1, 0.15) is 85.6 Å². The van der Waals surface area contributed by atoms with Gasteiger partial charge in [0.2, 0.25) is 0 Å². The Morgan fingerprint density at radius 2 is 1.38 bits per heavy atom. The van der Waals surface area contributed by atoms with Gasteiger partial charge in [-0.2, -0.15) is 0 Å². The molecule has 0 amide bonds. The molecule has 37 heavy (non-hydrogen) atoms. The Balaban J connectivity index is 2.35. The van der Waals surface area contributed by atoms with Crippen molar-refractivity contribution in [1.29, 1.82) is 0 Å². The molecular formula is C30H39Cl4N3. The maximum Gasteiger partial charge on any atom is 0.142 e. The second-order valence-corrected chi connectivity index (χ2v) is 11.1. The standard InChI is InChI=1S/C30H39Cl4N3/c1-7-21(8-2)36-27(12-6)29(23-15-13-19(31)17-24(23)33)35-26(11-5)30(36)37(22(9-3)10-4)28-16-14-20(32)18-25(28)34/h13-18,21-22,30H,7-12H2,1-6H3. The highest BCUT2D eigenvalue weighted by molar-refractivity contribution is 6.37. The van der Waals surface area contributed by atoms with Crippen LogP contribution in [-0.2, 0) is 0 Å². The molecule has 0 saturated heterocycles. The van der Waals surface area contributed by atoms with Crippen molar-refractivity contribution in [3.63, 3.8) is 0 Å². The summed E-state index contributed by atoms with van der Waals surface area (Å²) in [5.41, 5.74) is 5.15. The van der Waals surface area contributed by atoms with E-state index in [1.807, 2.05) is 24.3 Å². The van der Waals surface area contributed by atoms with E-state index in [4.69, 9.17) is 51.4 Å². The third-order valence-corrected chi connectivity index (χ3v) is 8.49. The molecule has 0 radical (unpaired) electrons. The summed E-state index contributed by atoms with van der Waals surface area (Å²) in [7, 11) is 0. The maximum absolute atomic E-state index is 6.89. The minimum absolute atomic E-state index is 0.0664. The van der Waals surface area contributed by atoms with Gasteiger partial charge in [-0.25, -0.2) is 0 Å². The lowest BCUT2D eigenvalue weighted by Crippen LogP contribution is -2.60. The number of nitrogens with zero attached hydrogens (tertiary/aromatic N) is 3. The summed E-state index contributed by atoms with van der Waals surface area (Å²) >= 11 is 26.2. The van der Waals surface area contributed by atoms with Crippen molar-refractivity contribution in [3.8, 4) is 0 Å². The summed E-state index contributed by atoms with van der Waals surface area (Å²) < 4.78 is 0. The first-order valence-corrected chi connectivity index (χ1v) is 15.0. The Labute approximate surface area is 243 Å². The first kappa shape index (κ1) is 30.2. The zero-order valence-corrected chi connectivity index (χ0v) is 25.8. The second kappa shape index (κ2) is 13.6. The Morgan fingerprint density at radius 1 is 0.784 bits per heavy atom. The van der Waals surface area contributed by atoms with E-state index in [0.29, 0.717) is 26.1 Å². The quantitative estimate of drug-likeness (QED) is 0.262. The van der Waals surface area contributed by atoms with Gasteiger partial charge in [-0.15, -0.1) is 0 Å². The summed E-state index contributed by atoms with van der Waals surface area (Å²) in [6, 6.07) is 12.1. The number of rotatable bonds is 11. The summed E-state index contributed by atoms with van der Waals surface area (Å²) in [5, 5.41) is 2.54. The molecular weight excluding hydrogens is 544 g/mol. The van der Waals surface area contributed by atoms with Crippen molar-refractivity contribution in [3.05, 3.63) is 67.7 Å². The lowest BCUT2D eigenvalue weighted by Gasteiger charge is -2.51. The van der Waals surface area contributed by atoms with E-state index in [2.05, 4.69) is 57.4 Å². The number of hydrogen-bond acceptors (Lipinski definition) is 3. The Bertz CT molecular complexity index is 1140. The zero-order valence-electron chi connectivity index (χ0n) is 22.8. The normalized spacial score (nSPS) is 16.2. The van der Waals surface area contributed by atoms with Crippen LogP contribution in [0.4, 0.5) is 5.69 Å². The van der Waals surface area contributed by atoms with Gasteiger partial charge in [0.1, 0.15) is 6.17 Å². The minimum Gasteiger partial charge on any atom is -0.345 e. The van der Waals surface area contributed by atoms with Crippen molar-refractivity contribution in [2.24, 2.45) is 4.99 Å². The van der Waals surface area contributed by atoms with E-state index >= 15 is 0 Å². The van der Waals surface area contributed by atoms with E-state index < -0.39 is 0 Å². The molecule has 7 heteroatoms. The summed E-state index contributed by atoms with van der Waals surface area (Å²) in [6.07, 6.45) is 5.56. The molecule has 0 spiro atoms. The highest BCUT2D eigenvalue weighted by Gasteiger charge is 2.40. The van der Waals surface area contributed by atoms with E-state index in [9.17, 15) is 0 Å². The molecule has 2 aromatic rings. The van der Waals surface area contributed by atoms with Gasteiger partial charge in [-0.3, -0.25) is 4.99 Å². The fourth-order valence-corrected chi connectivity index (χ4v) is 6.51. The Hall–Kier alpha value is -1.39. The molecule has 0 aromatic heterocycles. The van der Waals surface area contributed by atoms with Crippen LogP contribution in [0.2, 0.25) is 20.1 Å². The molecule has 1 aliphatic heterocycles. The van der Waals surface area contributed by atoms with E-state index in [0.717, 1.165) is 61.2 Å². The van der Waals surface area contributed by atoms with Gasteiger partial charge in [-0.05, 0) is 74.9 Å². The third-order valence-electron chi connectivity index (χ3n) is 7.41. The molecule has 1 aliphatic rings. The fourth-order valence-electron chi connectivity index (χ4n) is 5.50. The number of allylic oxidation sites excluding steroid dienone is 1. The predicted molar refractivity (Wildman–Crippen MR) is 165 cm³/mol. The summed E-state index contributed by atoms with van der Waals surface area (Å²) in [6.45, 7) is 13.4. The van der Waals surface area contributed by atoms with Crippen LogP contribution < -0.4 is 4.90 Å². The maximum atomic E-state index is 6.89. The van der Waals surface area contributed by atoms with E-state index in [-0.39, 0.29) is 12.2 Å². The van der Waals surface area contributed by atoms with Crippen LogP contribution in [0.3, 0.4) is 0 Å². The lowest BCUT2D eigenvalue weighted by atomic mass is 9.96. The molecule has 2 aromatic carbocycles. The summed E-state index contributed by atoms with van der Waals surface area (Å²) in [4.78, 5) is 10.5. The summed E-state index contributed by atoms with van der Waals surface area (Å²) in [5.74, 6) is 0. The third kappa shape index (κ3) is 6.27. The van der Waals surface area contributed by atoms with Gasteiger partial charge in [0.05, 0.1) is 27.1 Å². The van der Waals surface area contributed by atoms with Crippen molar-refractivity contribution in [2.75, 3.05) is 4.90 Å². The van der Waals surface area contributed by atoms with Gasteiger partial charge < -0.3 is 9.80 Å². The highest BCUT2D eigenvalue weighted by atomic mass is 35.5. The van der Waals surface area contributed by atoms with Gasteiger partial charge in [-0.1, -0.05) is 87.9 Å². The largest absolute Gasteiger partial charge is 0.345 e. The monoisotopic (exact) mass is 581 g/mol. The van der Waals surface area contributed by atoms with Crippen molar-refractivity contribution >= 4 is 63.5 Å². The average molecular weight is 583 g/mol. The lowest BCUT2D eigenvalue weighted by molar-refractivity contribution is 0.189. The molecule has 0 fully saturated rings. The van der Waals surface area contributed by atoms with Crippen LogP contribution >= 0.6 is 46.4 Å². The SMILES string of the molecule is CCC1=NC(c2ccc(Cl)cc2Cl)=C(CC)N(C(CC)CC)C1N(c1ccc(Cl)cc1Cl)C(CC)CC. The molecule has 3 rings (SSSR count). The van der Waals surface area contributed by atoms with Crippen molar-refractivity contribution < 1.29 is 0 Å². The van der Waals surface area contributed by atoms with Gasteiger partial charge >= 0.3 is 0 Å². The molecule has 0 N–H and O–H groups in total. The molecule has 202 valence electrons. The molecule has 3 nitrogen and oxygen atoms in total. The molecule has 1 unspecified atom stereocenters. The van der Waals surface area contributed by atoms with Gasteiger partial charge in [0.15, 0.2) is 0 Å². The topological polar surface area (TPSA) is 18.8 Å². The fraction of sp³-hybridized carbons (Fsp3) is 0.500. The van der Waals surface area contributed by atoms with Gasteiger partial charge in [0.25, 0.3) is 0 Å². The van der Waals surface area contributed by atoms with E-state index in [1.165, 1.54) is 5.70 Å². The minimum atomic E-state index is -0.0664. The Kier molecular flexibility index (Phi) is 11.1. The molecule has 1 heterocycles. The predicted octanol–water partition coefficient (Wildman–Crippen LogP) is 10.8. The van der Waals surface area contributed by atoms with Crippen LogP contribution in [0.15, 0.2) is 47.1 Å². The smallest absolute Gasteiger partial charge is 0.142 e. The second-order valence-electron chi connectivity index (χ2n) is 9.45. The number of benzene rings is 2. The molecule has 0 aliphatic carbocycles. The molecule has 0 bridgehead atoms. The number of aliphatic imine (C=N–C) groups is 1. The molecule has 0 saturated carbocycles. The zero-order chi connectivity index (χ0) is 27.3. The number of anilines is 1. The van der Waals surface area contributed by atoms with Crippen molar-refractivity contribution in [2.45, 2.75) is 98.3 Å². The average Bonchev–Trinajstić information content (AvgIpc) is 2.88. The van der Waals surface area contributed by atoms with Crippen LogP contribution in [0.25, 0.3) is 5.70 Å². The highest BCUT2D eigenvalue weighted by Crippen LogP contribution is 2.42. The number of hydrogen-bond donors (Lipinski definition) is 0. The van der Waals surface area contributed by atoms with Crippen LogP contribution in [-0.4, -0.2) is 28.9 Å². The first-order valence-electron chi connectivity index (χ1n) is 13.5. The van der Waals surface area contributed by atoms with Crippen LogP contribution in [0, 0.1) is 0 Å². The number of halogens is 4. The Morgan fingerprint density at radius 3 is 1.86 bits per heavy atom. The van der Waals surface area contributed by atoms with Crippen LogP contribution in [0.5, 0.6) is 0 Å². The van der Waals surface area contributed by atoms with E-state index in [1.54, 1.807) is 6.07 Å². The first-order chi connectivity index (χ1) is 17.8. The molecule has 1 atom stereocenters. The van der Waals surface area contributed by atoms with Gasteiger partial charge in [0, 0.05) is 33.4 Å².